The summed E-state index contributed by atoms with van der Waals surface area (Å²) in [6.45, 7) is 1.45. The molecule has 23 heavy (non-hydrogen) atoms. The number of hydrazine groups is 1. The molecule has 2 N–H and O–H groups in total. The fraction of sp³-hybridized carbons (Fsp3) is 0.222. The smallest absolute Gasteiger partial charge is 0.240 e. The fourth-order valence-corrected chi connectivity index (χ4v) is 2.32. The maximum absolute atomic E-state index is 12.3. The van der Waals surface area contributed by atoms with Crippen molar-refractivity contribution >= 4 is 17.5 Å². The summed E-state index contributed by atoms with van der Waals surface area (Å²) < 4.78 is 0. The molecule has 0 aliphatic rings. The van der Waals surface area contributed by atoms with Crippen LogP contribution in [0.15, 0.2) is 60.7 Å². The minimum absolute atomic E-state index is 0.164. The molecule has 0 aliphatic carbocycles. The van der Waals surface area contributed by atoms with E-state index in [1.165, 1.54) is 6.92 Å². The predicted molar refractivity (Wildman–Crippen MR) is 90.6 cm³/mol. The van der Waals surface area contributed by atoms with Crippen molar-refractivity contribution in [3.63, 3.8) is 0 Å². The Kier molecular flexibility index (Phi) is 5.74. The highest BCUT2D eigenvalue weighted by molar-refractivity contribution is 5.80. The van der Waals surface area contributed by atoms with Crippen LogP contribution in [0.25, 0.3) is 0 Å². The number of benzene rings is 2. The van der Waals surface area contributed by atoms with Crippen molar-refractivity contribution in [2.45, 2.75) is 19.4 Å². The molecule has 2 aromatic rings. The molecule has 0 spiro atoms. The molecule has 0 bridgehead atoms. The third kappa shape index (κ3) is 5.14. The third-order valence-corrected chi connectivity index (χ3v) is 3.40. The third-order valence-electron chi connectivity index (χ3n) is 3.40. The second-order valence-electron chi connectivity index (χ2n) is 5.30. The number of amides is 2. The normalized spacial score (nSPS) is 11.4. The molecule has 5 heteroatoms. The van der Waals surface area contributed by atoms with Crippen molar-refractivity contribution < 1.29 is 9.59 Å². The van der Waals surface area contributed by atoms with Gasteiger partial charge < -0.3 is 5.32 Å². The van der Waals surface area contributed by atoms with Gasteiger partial charge in [-0.25, -0.2) is 0 Å². The molecular formula is C18H21N3O2. The number of hydrogen-bond donors (Lipinski definition) is 2. The van der Waals surface area contributed by atoms with Crippen molar-refractivity contribution in [3.8, 4) is 0 Å². The van der Waals surface area contributed by atoms with Crippen LogP contribution in [-0.4, -0.2) is 18.9 Å². The molecule has 0 aromatic heterocycles. The molecule has 0 saturated carbocycles. The zero-order valence-electron chi connectivity index (χ0n) is 13.3. The van der Waals surface area contributed by atoms with E-state index in [0.29, 0.717) is 0 Å². The lowest BCUT2D eigenvalue weighted by Gasteiger charge is -2.23. The van der Waals surface area contributed by atoms with E-state index >= 15 is 0 Å². The first-order valence-electron chi connectivity index (χ1n) is 7.46. The number of rotatable bonds is 6. The van der Waals surface area contributed by atoms with E-state index < -0.39 is 0 Å². The summed E-state index contributed by atoms with van der Waals surface area (Å²) in [4.78, 5) is 23.7. The van der Waals surface area contributed by atoms with E-state index in [4.69, 9.17) is 0 Å². The molecule has 2 amide bonds. The van der Waals surface area contributed by atoms with Crippen molar-refractivity contribution in [2.75, 3.05) is 12.1 Å². The minimum atomic E-state index is -0.349. The van der Waals surface area contributed by atoms with E-state index in [2.05, 4.69) is 10.7 Å². The standard InChI is InChI=1S/C18H21N3O2/c1-14(22)19-17(15-9-5-3-6-10-15)13-18(23)20-21(2)16-11-7-4-8-12-16/h3-12,17H,13H2,1-2H3,(H,19,22)(H,20,23)/t17-/m1/s1. The number of hydrogen-bond acceptors (Lipinski definition) is 3. The van der Waals surface area contributed by atoms with E-state index in [9.17, 15) is 9.59 Å². The molecule has 2 aromatic carbocycles. The molecule has 1 atom stereocenters. The maximum Gasteiger partial charge on any atom is 0.240 e. The Bertz CT molecular complexity index is 644. The van der Waals surface area contributed by atoms with Crippen LogP contribution < -0.4 is 15.8 Å². The summed E-state index contributed by atoms with van der Waals surface area (Å²) in [6.07, 6.45) is 0.167. The molecule has 0 heterocycles. The second-order valence-corrected chi connectivity index (χ2v) is 5.30. The molecule has 120 valence electrons. The monoisotopic (exact) mass is 311 g/mol. The van der Waals surface area contributed by atoms with Crippen LogP contribution in [-0.2, 0) is 9.59 Å². The number of nitrogens with one attached hydrogen (secondary N) is 2. The fourth-order valence-electron chi connectivity index (χ4n) is 2.32. The highest BCUT2D eigenvalue weighted by Gasteiger charge is 2.17. The predicted octanol–water partition coefficient (Wildman–Crippen LogP) is 2.42. The van der Waals surface area contributed by atoms with Gasteiger partial charge in [-0.2, -0.15) is 0 Å². The number of carbonyl (C=O) groups is 2. The van der Waals surface area contributed by atoms with Crippen molar-refractivity contribution in [3.05, 3.63) is 66.2 Å². The van der Waals surface area contributed by atoms with Crippen molar-refractivity contribution in [1.82, 2.24) is 10.7 Å². The van der Waals surface area contributed by atoms with Gasteiger partial charge in [0.2, 0.25) is 11.8 Å². The Morgan fingerprint density at radius 3 is 2.13 bits per heavy atom. The summed E-state index contributed by atoms with van der Waals surface area (Å²) in [5.74, 6) is -0.331. The maximum atomic E-state index is 12.3. The van der Waals surface area contributed by atoms with E-state index in [1.807, 2.05) is 60.7 Å². The van der Waals surface area contributed by atoms with Gasteiger partial charge in [0.25, 0.3) is 0 Å². The Morgan fingerprint density at radius 2 is 1.57 bits per heavy atom. The van der Waals surface area contributed by atoms with E-state index in [1.54, 1.807) is 12.1 Å². The first-order valence-corrected chi connectivity index (χ1v) is 7.46. The lowest BCUT2D eigenvalue weighted by molar-refractivity contribution is -0.122. The van der Waals surface area contributed by atoms with Crippen LogP contribution in [0.5, 0.6) is 0 Å². The highest BCUT2D eigenvalue weighted by Crippen LogP contribution is 2.17. The molecule has 0 aliphatic heterocycles. The molecule has 0 unspecified atom stereocenters. The topological polar surface area (TPSA) is 61.4 Å². The van der Waals surface area contributed by atoms with Gasteiger partial charge in [0.15, 0.2) is 0 Å². The van der Waals surface area contributed by atoms with Gasteiger partial charge in [0.05, 0.1) is 18.2 Å². The molecule has 0 radical (unpaired) electrons. The van der Waals surface area contributed by atoms with Crippen LogP contribution in [0.1, 0.15) is 24.9 Å². The summed E-state index contributed by atoms with van der Waals surface area (Å²) >= 11 is 0. The zero-order valence-corrected chi connectivity index (χ0v) is 13.3. The lowest BCUT2D eigenvalue weighted by Crippen LogP contribution is -2.41. The van der Waals surface area contributed by atoms with Gasteiger partial charge >= 0.3 is 0 Å². The van der Waals surface area contributed by atoms with Gasteiger partial charge in [-0.05, 0) is 17.7 Å². The number of anilines is 1. The Hall–Kier alpha value is -2.82. The number of para-hydroxylation sites is 1. The van der Waals surface area contributed by atoms with Crippen LogP contribution in [0.3, 0.4) is 0 Å². The first kappa shape index (κ1) is 16.5. The first-order chi connectivity index (χ1) is 11.1. The highest BCUT2D eigenvalue weighted by atomic mass is 16.2. The van der Waals surface area contributed by atoms with E-state index in [0.717, 1.165) is 11.3 Å². The summed E-state index contributed by atoms with van der Waals surface area (Å²) in [6, 6.07) is 18.7. The van der Waals surface area contributed by atoms with E-state index in [-0.39, 0.29) is 24.3 Å². The molecule has 2 rings (SSSR count). The summed E-state index contributed by atoms with van der Waals surface area (Å²) in [7, 11) is 1.78. The van der Waals surface area contributed by atoms with Crippen LogP contribution in [0, 0.1) is 0 Å². The molecule has 0 saturated heterocycles. The summed E-state index contributed by atoms with van der Waals surface area (Å²) in [5.41, 5.74) is 4.60. The molecule has 0 fully saturated rings. The zero-order chi connectivity index (χ0) is 16.7. The van der Waals surface area contributed by atoms with Crippen molar-refractivity contribution in [2.24, 2.45) is 0 Å². The largest absolute Gasteiger partial charge is 0.349 e. The Balaban J connectivity index is 2.01. The SMILES string of the molecule is CC(=O)N[C@H](CC(=O)NN(C)c1ccccc1)c1ccccc1. The molecular weight excluding hydrogens is 290 g/mol. The van der Waals surface area contributed by atoms with Crippen LogP contribution >= 0.6 is 0 Å². The van der Waals surface area contributed by atoms with Gasteiger partial charge in [0, 0.05) is 14.0 Å². The lowest BCUT2D eigenvalue weighted by atomic mass is 10.0. The van der Waals surface area contributed by atoms with Gasteiger partial charge in [-0.1, -0.05) is 48.5 Å². The quantitative estimate of drug-likeness (QED) is 0.806. The van der Waals surface area contributed by atoms with Crippen LogP contribution in [0.2, 0.25) is 0 Å². The van der Waals surface area contributed by atoms with Crippen LogP contribution in [0.4, 0.5) is 5.69 Å². The average Bonchev–Trinajstić information content (AvgIpc) is 2.55. The van der Waals surface area contributed by atoms with Gasteiger partial charge in [-0.3, -0.25) is 20.0 Å². The Morgan fingerprint density at radius 1 is 1.00 bits per heavy atom. The van der Waals surface area contributed by atoms with Crippen molar-refractivity contribution in [1.29, 1.82) is 0 Å². The number of carbonyl (C=O) groups excluding carboxylic acids is 2. The second kappa shape index (κ2) is 7.98. The minimum Gasteiger partial charge on any atom is -0.349 e. The average molecular weight is 311 g/mol. The molecule has 5 nitrogen and oxygen atoms in total. The van der Waals surface area contributed by atoms with Gasteiger partial charge in [0.1, 0.15) is 0 Å². The number of nitrogens with zero attached hydrogens (tertiary/aromatic N) is 1. The Labute approximate surface area is 136 Å². The summed E-state index contributed by atoms with van der Waals surface area (Å²) in [5, 5.41) is 4.49. The van der Waals surface area contributed by atoms with Gasteiger partial charge in [-0.15, -0.1) is 0 Å².